The van der Waals surface area contributed by atoms with Crippen molar-refractivity contribution in [2.75, 3.05) is 11.4 Å². The summed E-state index contributed by atoms with van der Waals surface area (Å²) in [6, 6.07) is 8.42. The number of hydrogen-bond acceptors (Lipinski definition) is 7. The fraction of sp³-hybridized carbons (Fsp3) is 0.190. The molecule has 1 aliphatic rings. The minimum atomic E-state index is -2.64. The van der Waals surface area contributed by atoms with Gasteiger partial charge < -0.3 is 14.3 Å². The van der Waals surface area contributed by atoms with E-state index in [0.29, 0.717) is 29.9 Å². The Balaban J connectivity index is 1.45. The molecule has 166 valence electrons. The van der Waals surface area contributed by atoms with Crippen LogP contribution in [-0.2, 0) is 6.42 Å². The highest BCUT2D eigenvalue weighted by molar-refractivity contribution is 5.58. The Labute approximate surface area is 183 Å². The molecule has 12 heteroatoms. The molecule has 0 bridgehead atoms. The average molecular weight is 452 g/mol. The number of imidazole rings is 1. The van der Waals surface area contributed by atoms with Crippen LogP contribution in [0.2, 0.25) is 0 Å². The van der Waals surface area contributed by atoms with Crippen LogP contribution in [0.25, 0.3) is 17.1 Å². The van der Waals surface area contributed by atoms with E-state index in [1.807, 2.05) is 4.90 Å². The first kappa shape index (κ1) is 19.5. The molecule has 1 N–H and O–H groups in total. The number of H-pyrrole nitrogens is 1. The van der Waals surface area contributed by atoms with Crippen molar-refractivity contribution in [3.63, 3.8) is 0 Å². The monoisotopic (exact) mass is 452 g/mol. The fourth-order valence-electron chi connectivity index (χ4n) is 4.12. The third kappa shape index (κ3) is 3.22. The van der Waals surface area contributed by atoms with Gasteiger partial charge in [-0.1, -0.05) is 11.2 Å². The van der Waals surface area contributed by atoms with E-state index < -0.39 is 18.4 Å². The number of anilines is 1. The number of rotatable bonds is 4. The third-order valence-corrected chi connectivity index (χ3v) is 5.59. The highest BCUT2D eigenvalue weighted by Crippen LogP contribution is 2.37. The molecule has 1 aliphatic heterocycles. The Bertz CT molecular complexity index is 1460. The lowest BCUT2D eigenvalue weighted by Crippen LogP contribution is -2.36. The van der Waals surface area contributed by atoms with Gasteiger partial charge in [-0.15, -0.1) is 5.10 Å². The molecule has 6 rings (SSSR count). The Kier molecular flexibility index (Phi) is 4.38. The second-order valence-corrected chi connectivity index (χ2v) is 7.51. The number of fused-ring (bicyclic) bond motifs is 2. The van der Waals surface area contributed by atoms with Gasteiger partial charge in [0.2, 0.25) is 5.95 Å². The van der Waals surface area contributed by atoms with Crippen molar-refractivity contribution in [3.05, 3.63) is 77.5 Å². The molecule has 0 aliphatic carbocycles. The molecule has 0 fully saturated rings. The van der Waals surface area contributed by atoms with Crippen molar-refractivity contribution in [2.45, 2.75) is 18.9 Å². The van der Waals surface area contributed by atoms with Gasteiger partial charge in [0.05, 0.1) is 23.2 Å². The zero-order chi connectivity index (χ0) is 22.5. The van der Waals surface area contributed by atoms with Gasteiger partial charge in [-0.05, 0) is 30.3 Å². The van der Waals surface area contributed by atoms with Crippen LogP contribution in [-0.4, -0.2) is 41.3 Å². The molecule has 0 radical (unpaired) electrons. The number of pyridine rings is 2. The van der Waals surface area contributed by atoms with Crippen LogP contribution in [0, 0.1) is 5.95 Å². The van der Waals surface area contributed by atoms with E-state index in [4.69, 9.17) is 4.42 Å². The number of hydrogen-bond donors (Lipinski definition) is 1. The van der Waals surface area contributed by atoms with E-state index in [1.54, 1.807) is 24.7 Å². The molecular formula is C21H15F3N8O. The Hall–Kier alpha value is -4.22. The SMILES string of the molecule is Fc1cccc(-c2nnc(N3CCc4[nH]cnc4[C@@H]3c3cc4c(C(F)F)cccn4n3)o2)n1. The molecule has 9 nitrogen and oxygen atoms in total. The highest BCUT2D eigenvalue weighted by atomic mass is 19.3. The lowest BCUT2D eigenvalue weighted by molar-refractivity contribution is 0.152. The summed E-state index contributed by atoms with van der Waals surface area (Å²) in [6.07, 6.45) is 1.18. The molecule has 0 saturated carbocycles. The van der Waals surface area contributed by atoms with Crippen molar-refractivity contribution in [3.8, 4) is 11.6 Å². The summed E-state index contributed by atoms with van der Waals surface area (Å²) in [7, 11) is 0. The Morgan fingerprint density at radius 2 is 2.06 bits per heavy atom. The summed E-state index contributed by atoms with van der Waals surface area (Å²) in [6.45, 7) is 0.480. The second-order valence-electron chi connectivity index (χ2n) is 7.51. The first-order chi connectivity index (χ1) is 16.1. The van der Waals surface area contributed by atoms with Crippen LogP contribution < -0.4 is 4.90 Å². The topological polar surface area (TPSA) is 101 Å². The number of nitrogens with one attached hydrogen (secondary N) is 1. The maximum absolute atomic E-state index is 13.5. The van der Waals surface area contributed by atoms with Gasteiger partial charge in [0, 0.05) is 30.4 Å². The number of aromatic nitrogens is 7. The van der Waals surface area contributed by atoms with Gasteiger partial charge >= 0.3 is 6.01 Å². The normalized spacial score (nSPS) is 16.0. The molecule has 0 aromatic carbocycles. The van der Waals surface area contributed by atoms with Crippen molar-refractivity contribution >= 4 is 11.5 Å². The van der Waals surface area contributed by atoms with Gasteiger partial charge in [-0.25, -0.2) is 23.3 Å². The number of nitrogens with zero attached hydrogens (tertiary/aromatic N) is 7. The molecule has 0 spiro atoms. The van der Waals surface area contributed by atoms with E-state index >= 15 is 0 Å². The largest absolute Gasteiger partial charge is 0.402 e. The quantitative estimate of drug-likeness (QED) is 0.415. The number of halogens is 3. The summed E-state index contributed by atoms with van der Waals surface area (Å²) >= 11 is 0. The van der Waals surface area contributed by atoms with Crippen LogP contribution in [0.4, 0.5) is 19.2 Å². The molecule has 1 atom stereocenters. The van der Waals surface area contributed by atoms with Crippen LogP contribution >= 0.6 is 0 Å². The number of alkyl halides is 2. The number of aromatic amines is 1. The maximum Gasteiger partial charge on any atom is 0.319 e. The van der Waals surface area contributed by atoms with E-state index in [1.165, 1.54) is 28.8 Å². The van der Waals surface area contributed by atoms with Crippen LogP contribution in [0.5, 0.6) is 0 Å². The van der Waals surface area contributed by atoms with Gasteiger partial charge in [0.15, 0.2) is 0 Å². The summed E-state index contributed by atoms with van der Waals surface area (Å²) in [5, 5.41) is 12.7. The lowest BCUT2D eigenvalue weighted by atomic mass is 10.00. The molecule has 33 heavy (non-hydrogen) atoms. The average Bonchev–Trinajstić information content (AvgIpc) is 3.56. The molecule has 0 amide bonds. The molecular weight excluding hydrogens is 437 g/mol. The van der Waals surface area contributed by atoms with Crippen LogP contribution in [0.1, 0.15) is 35.1 Å². The minimum Gasteiger partial charge on any atom is -0.402 e. The van der Waals surface area contributed by atoms with E-state index in [-0.39, 0.29) is 23.2 Å². The van der Waals surface area contributed by atoms with Crippen LogP contribution in [0.15, 0.2) is 53.3 Å². The zero-order valence-electron chi connectivity index (χ0n) is 16.9. The van der Waals surface area contributed by atoms with Gasteiger partial charge in [0.1, 0.15) is 11.7 Å². The Morgan fingerprint density at radius 3 is 2.91 bits per heavy atom. The lowest BCUT2D eigenvalue weighted by Gasteiger charge is -2.32. The standard InChI is InChI=1S/C21H15F3N8O/c22-16-5-1-4-13(27-16)20-28-29-21(33-20)31-8-6-12-17(26-10-25-12)18(31)14-9-15-11(19(23)24)3-2-7-32(15)30-14/h1-5,7,9-10,18-19H,6,8H2,(H,25,26)/t18-/m0/s1. The Morgan fingerprint density at radius 1 is 1.15 bits per heavy atom. The smallest absolute Gasteiger partial charge is 0.319 e. The summed E-state index contributed by atoms with van der Waals surface area (Å²) in [5.41, 5.74) is 2.50. The van der Waals surface area contributed by atoms with E-state index in [9.17, 15) is 13.2 Å². The summed E-state index contributed by atoms with van der Waals surface area (Å²) in [5.74, 6) is -0.602. The molecule has 6 heterocycles. The minimum absolute atomic E-state index is 0.0612. The van der Waals surface area contributed by atoms with Gasteiger partial charge in [0.25, 0.3) is 12.3 Å². The third-order valence-electron chi connectivity index (χ3n) is 5.59. The predicted octanol–water partition coefficient (Wildman–Crippen LogP) is 3.73. The second kappa shape index (κ2) is 7.43. The molecule has 5 aromatic heterocycles. The van der Waals surface area contributed by atoms with Crippen molar-refractivity contribution in [1.29, 1.82) is 0 Å². The fourth-order valence-corrected chi connectivity index (χ4v) is 4.12. The maximum atomic E-state index is 13.5. The first-order valence-electron chi connectivity index (χ1n) is 10.1. The van der Waals surface area contributed by atoms with Gasteiger partial charge in [-0.2, -0.15) is 9.49 Å². The van der Waals surface area contributed by atoms with Crippen molar-refractivity contribution in [2.24, 2.45) is 0 Å². The van der Waals surface area contributed by atoms with E-state index in [2.05, 4.69) is 30.2 Å². The summed E-state index contributed by atoms with van der Waals surface area (Å²) < 4.78 is 47.9. The molecule has 0 saturated heterocycles. The van der Waals surface area contributed by atoms with Crippen molar-refractivity contribution in [1.82, 2.24) is 34.8 Å². The molecule has 0 unspecified atom stereocenters. The molecule has 5 aromatic rings. The van der Waals surface area contributed by atoms with Crippen LogP contribution in [0.3, 0.4) is 0 Å². The van der Waals surface area contributed by atoms with Gasteiger partial charge in [-0.3, -0.25) is 0 Å². The first-order valence-corrected chi connectivity index (χ1v) is 10.1. The zero-order valence-corrected chi connectivity index (χ0v) is 16.9. The van der Waals surface area contributed by atoms with E-state index in [0.717, 1.165) is 5.69 Å². The highest BCUT2D eigenvalue weighted by Gasteiger charge is 2.36. The van der Waals surface area contributed by atoms with Crippen molar-refractivity contribution < 1.29 is 17.6 Å². The summed E-state index contributed by atoms with van der Waals surface area (Å²) in [4.78, 5) is 13.2. The predicted molar refractivity (Wildman–Crippen MR) is 109 cm³/mol.